The van der Waals surface area contributed by atoms with Gasteiger partial charge in [0.15, 0.2) is 0 Å². The molecule has 2 aromatic carbocycles. The lowest BCUT2D eigenvalue weighted by atomic mass is 10.00. The molecule has 1 unspecified atom stereocenters. The number of halogens is 2. The van der Waals surface area contributed by atoms with E-state index in [1.165, 1.54) is 11.6 Å². The van der Waals surface area contributed by atoms with E-state index in [9.17, 15) is 4.39 Å². The standard InChI is InChI=1S/C16H17BrFN/c17-16-13(7-4-8-15(16)18)11-14(19)10-9-12-5-2-1-3-6-12/h1-8,14H,9-11,19H2. The second-order valence-electron chi connectivity index (χ2n) is 4.70. The average Bonchev–Trinajstić information content (AvgIpc) is 2.43. The fourth-order valence-electron chi connectivity index (χ4n) is 2.09. The van der Waals surface area contributed by atoms with Gasteiger partial charge in [-0.1, -0.05) is 42.5 Å². The third-order valence-electron chi connectivity index (χ3n) is 3.16. The monoisotopic (exact) mass is 321 g/mol. The fourth-order valence-corrected chi connectivity index (χ4v) is 2.51. The Morgan fingerprint density at radius 2 is 1.79 bits per heavy atom. The Hall–Kier alpha value is -1.19. The molecule has 0 fully saturated rings. The predicted molar refractivity (Wildman–Crippen MR) is 80.5 cm³/mol. The molecule has 2 rings (SSSR count). The smallest absolute Gasteiger partial charge is 0.137 e. The summed E-state index contributed by atoms with van der Waals surface area (Å²) in [7, 11) is 0. The summed E-state index contributed by atoms with van der Waals surface area (Å²) in [5.74, 6) is -0.229. The largest absolute Gasteiger partial charge is 0.327 e. The quantitative estimate of drug-likeness (QED) is 0.881. The zero-order chi connectivity index (χ0) is 13.7. The van der Waals surface area contributed by atoms with Gasteiger partial charge in [-0.25, -0.2) is 4.39 Å². The molecule has 3 heteroatoms. The number of aryl methyl sites for hydroxylation is 1. The van der Waals surface area contributed by atoms with Crippen LogP contribution in [0.25, 0.3) is 0 Å². The highest BCUT2D eigenvalue weighted by Crippen LogP contribution is 2.22. The second kappa shape index (κ2) is 6.83. The summed E-state index contributed by atoms with van der Waals surface area (Å²) in [6, 6.07) is 15.4. The Bertz CT molecular complexity index is 528. The number of nitrogens with two attached hydrogens (primary N) is 1. The van der Waals surface area contributed by atoms with Gasteiger partial charge in [-0.2, -0.15) is 0 Å². The van der Waals surface area contributed by atoms with Crippen LogP contribution in [-0.2, 0) is 12.8 Å². The molecular formula is C16H17BrFN. The lowest BCUT2D eigenvalue weighted by molar-refractivity contribution is 0.593. The van der Waals surface area contributed by atoms with Crippen molar-refractivity contribution in [2.45, 2.75) is 25.3 Å². The van der Waals surface area contributed by atoms with Crippen LogP contribution in [0.1, 0.15) is 17.5 Å². The van der Waals surface area contributed by atoms with Gasteiger partial charge in [0.05, 0.1) is 4.47 Å². The van der Waals surface area contributed by atoms with E-state index in [0.29, 0.717) is 10.9 Å². The molecule has 0 aromatic heterocycles. The molecule has 2 aromatic rings. The lowest BCUT2D eigenvalue weighted by Gasteiger charge is -2.13. The maximum absolute atomic E-state index is 13.4. The molecule has 0 saturated carbocycles. The summed E-state index contributed by atoms with van der Waals surface area (Å²) in [5, 5.41) is 0. The Morgan fingerprint density at radius 1 is 1.05 bits per heavy atom. The van der Waals surface area contributed by atoms with E-state index in [1.807, 2.05) is 24.3 Å². The average molecular weight is 322 g/mol. The van der Waals surface area contributed by atoms with Crippen LogP contribution in [-0.4, -0.2) is 6.04 Å². The zero-order valence-corrected chi connectivity index (χ0v) is 12.2. The molecule has 0 heterocycles. The minimum absolute atomic E-state index is 0.0401. The predicted octanol–water partition coefficient (Wildman–Crippen LogP) is 4.09. The zero-order valence-electron chi connectivity index (χ0n) is 10.7. The highest BCUT2D eigenvalue weighted by molar-refractivity contribution is 9.10. The molecule has 0 bridgehead atoms. The first-order chi connectivity index (χ1) is 9.16. The summed E-state index contributed by atoms with van der Waals surface area (Å²) < 4.78 is 13.9. The van der Waals surface area contributed by atoms with Crippen molar-refractivity contribution in [3.8, 4) is 0 Å². The Morgan fingerprint density at radius 3 is 2.53 bits per heavy atom. The lowest BCUT2D eigenvalue weighted by Crippen LogP contribution is -2.23. The van der Waals surface area contributed by atoms with Gasteiger partial charge in [0, 0.05) is 6.04 Å². The van der Waals surface area contributed by atoms with Crippen LogP contribution in [0, 0.1) is 5.82 Å². The minimum atomic E-state index is -0.229. The molecule has 0 radical (unpaired) electrons. The van der Waals surface area contributed by atoms with E-state index in [1.54, 1.807) is 6.07 Å². The van der Waals surface area contributed by atoms with Crippen molar-refractivity contribution >= 4 is 15.9 Å². The van der Waals surface area contributed by atoms with Gasteiger partial charge < -0.3 is 5.73 Å². The van der Waals surface area contributed by atoms with E-state index >= 15 is 0 Å². The summed E-state index contributed by atoms with van der Waals surface area (Å²) in [4.78, 5) is 0. The highest BCUT2D eigenvalue weighted by Gasteiger charge is 2.10. The van der Waals surface area contributed by atoms with E-state index in [0.717, 1.165) is 18.4 Å². The van der Waals surface area contributed by atoms with Crippen LogP contribution in [0.3, 0.4) is 0 Å². The molecule has 0 saturated heterocycles. The van der Waals surface area contributed by atoms with Crippen LogP contribution in [0.2, 0.25) is 0 Å². The SMILES string of the molecule is NC(CCc1ccccc1)Cc1cccc(F)c1Br. The fraction of sp³-hybridized carbons (Fsp3) is 0.250. The van der Waals surface area contributed by atoms with E-state index < -0.39 is 0 Å². The maximum atomic E-state index is 13.4. The van der Waals surface area contributed by atoms with Crippen molar-refractivity contribution in [2.24, 2.45) is 5.73 Å². The first-order valence-corrected chi connectivity index (χ1v) is 7.18. The maximum Gasteiger partial charge on any atom is 0.137 e. The third-order valence-corrected chi connectivity index (χ3v) is 4.05. The van der Waals surface area contributed by atoms with Crippen LogP contribution in [0.15, 0.2) is 53.0 Å². The molecule has 0 amide bonds. The molecule has 0 aliphatic carbocycles. The van der Waals surface area contributed by atoms with E-state index in [-0.39, 0.29) is 11.9 Å². The number of hydrogen-bond donors (Lipinski definition) is 1. The van der Waals surface area contributed by atoms with Crippen molar-refractivity contribution < 1.29 is 4.39 Å². The van der Waals surface area contributed by atoms with Gasteiger partial charge in [0.25, 0.3) is 0 Å². The van der Waals surface area contributed by atoms with Crippen molar-refractivity contribution in [1.29, 1.82) is 0 Å². The van der Waals surface area contributed by atoms with Crippen molar-refractivity contribution in [2.75, 3.05) is 0 Å². The van der Waals surface area contributed by atoms with Crippen LogP contribution < -0.4 is 5.73 Å². The molecule has 19 heavy (non-hydrogen) atoms. The van der Waals surface area contributed by atoms with Gasteiger partial charge in [-0.15, -0.1) is 0 Å². The number of benzene rings is 2. The van der Waals surface area contributed by atoms with Gasteiger partial charge in [0.1, 0.15) is 5.82 Å². The molecule has 100 valence electrons. The normalized spacial score (nSPS) is 12.4. The van der Waals surface area contributed by atoms with Gasteiger partial charge in [-0.3, -0.25) is 0 Å². The number of hydrogen-bond acceptors (Lipinski definition) is 1. The molecule has 2 N–H and O–H groups in total. The van der Waals surface area contributed by atoms with Crippen molar-refractivity contribution in [3.63, 3.8) is 0 Å². The molecule has 1 nitrogen and oxygen atoms in total. The Balaban J connectivity index is 1.91. The third kappa shape index (κ3) is 4.15. The second-order valence-corrected chi connectivity index (χ2v) is 5.49. The van der Waals surface area contributed by atoms with Gasteiger partial charge in [-0.05, 0) is 52.4 Å². The molecule has 0 spiro atoms. The minimum Gasteiger partial charge on any atom is -0.327 e. The van der Waals surface area contributed by atoms with Crippen LogP contribution in [0.4, 0.5) is 4.39 Å². The van der Waals surface area contributed by atoms with Crippen LogP contribution in [0.5, 0.6) is 0 Å². The Labute approximate surface area is 121 Å². The molecule has 0 aliphatic rings. The topological polar surface area (TPSA) is 26.0 Å². The summed E-state index contributed by atoms with van der Waals surface area (Å²) in [6.45, 7) is 0. The number of rotatable bonds is 5. The Kier molecular flexibility index (Phi) is 5.11. The summed E-state index contributed by atoms with van der Waals surface area (Å²) in [5.41, 5.74) is 8.35. The molecule has 0 aliphatic heterocycles. The first kappa shape index (κ1) is 14.2. The summed E-state index contributed by atoms with van der Waals surface area (Å²) >= 11 is 3.27. The van der Waals surface area contributed by atoms with Crippen LogP contribution >= 0.6 is 15.9 Å². The van der Waals surface area contributed by atoms with E-state index in [2.05, 4.69) is 28.1 Å². The summed E-state index contributed by atoms with van der Waals surface area (Å²) in [6.07, 6.45) is 2.53. The molecular weight excluding hydrogens is 305 g/mol. The molecule has 1 atom stereocenters. The van der Waals surface area contributed by atoms with E-state index in [4.69, 9.17) is 5.73 Å². The van der Waals surface area contributed by atoms with Gasteiger partial charge >= 0.3 is 0 Å². The van der Waals surface area contributed by atoms with Crippen molar-refractivity contribution in [3.05, 3.63) is 69.9 Å². The first-order valence-electron chi connectivity index (χ1n) is 6.39. The highest BCUT2D eigenvalue weighted by atomic mass is 79.9. The van der Waals surface area contributed by atoms with Crippen molar-refractivity contribution in [1.82, 2.24) is 0 Å². The van der Waals surface area contributed by atoms with Gasteiger partial charge in [0.2, 0.25) is 0 Å².